The molecule has 11 atom stereocenters. The number of amides is 2. The van der Waals surface area contributed by atoms with E-state index in [0.29, 0.717) is 73.1 Å². The number of nitrogens with two attached hydrogens (primary N) is 1. The molecular formula is C38H64N2O6. The number of nitrogens with zero attached hydrogens (tertiary/aromatic N) is 1. The minimum atomic E-state index is -0.702. The van der Waals surface area contributed by atoms with Crippen LogP contribution in [0.5, 0.6) is 0 Å². The summed E-state index contributed by atoms with van der Waals surface area (Å²) >= 11 is 0. The van der Waals surface area contributed by atoms with E-state index in [4.69, 9.17) is 19.9 Å². The quantitative estimate of drug-likeness (QED) is 0.264. The number of carbonyl (C=O) groups is 2. The molecule has 46 heavy (non-hydrogen) atoms. The van der Waals surface area contributed by atoms with Crippen molar-refractivity contribution < 1.29 is 28.9 Å². The molecule has 8 heteroatoms. The zero-order chi connectivity index (χ0) is 33.1. The molecule has 1 saturated heterocycles. The van der Waals surface area contributed by atoms with Crippen molar-refractivity contribution in [2.24, 2.45) is 62.9 Å². The summed E-state index contributed by atoms with van der Waals surface area (Å²) in [7, 11) is 0. The van der Waals surface area contributed by atoms with Gasteiger partial charge in [-0.3, -0.25) is 4.79 Å². The second-order valence-corrected chi connectivity index (χ2v) is 17.0. The molecule has 4 unspecified atom stereocenters. The summed E-state index contributed by atoms with van der Waals surface area (Å²) in [5.74, 6) is 3.85. The third kappa shape index (κ3) is 5.43. The second kappa shape index (κ2) is 12.8. The molecule has 2 spiro atoms. The molecule has 0 aromatic carbocycles. The van der Waals surface area contributed by atoms with Crippen molar-refractivity contribution in [3.8, 4) is 0 Å². The number of hydrogen-bond donors (Lipinski definition) is 2. The Morgan fingerprint density at radius 1 is 0.978 bits per heavy atom. The van der Waals surface area contributed by atoms with E-state index in [1.807, 2.05) is 18.7 Å². The fourth-order valence-electron chi connectivity index (χ4n) is 12.9. The molecule has 0 radical (unpaired) electrons. The highest BCUT2D eigenvalue weighted by Gasteiger charge is 2.84. The van der Waals surface area contributed by atoms with E-state index in [9.17, 15) is 14.7 Å². The van der Waals surface area contributed by atoms with Crippen LogP contribution in [0, 0.1) is 57.2 Å². The normalized spacial score (nSPS) is 45.2. The van der Waals surface area contributed by atoms with Crippen molar-refractivity contribution in [2.45, 2.75) is 144 Å². The van der Waals surface area contributed by atoms with Gasteiger partial charge in [-0.15, -0.1) is 0 Å². The summed E-state index contributed by atoms with van der Waals surface area (Å²) < 4.78 is 17.9. The third-order valence-corrected chi connectivity index (χ3v) is 15.2. The molecule has 1 heterocycles. The van der Waals surface area contributed by atoms with Crippen LogP contribution >= 0.6 is 0 Å². The lowest BCUT2D eigenvalue weighted by Gasteiger charge is -2.59. The molecule has 8 nitrogen and oxygen atoms in total. The van der Waals surface area contributed by atoms with E-state index in [0.717, 1.165) is 38.0 Å². The van der Waals surface area contributed by atoms with Crippen LogP contribution in [0.15, 0.2) is 0 Å². The standard InChI is InChI=1S/C36H58N2O6.C2H6/c1-22-35-15-14-34(4)25(7-5-6-17-43-32(37)41)27(39)20-26(34)24(35)10-11-28-33(2,3)29(12-13-36(22,28)35)44-31-21-38(16-18-42-31)30(40)19-23-8-9-23;1-2/h22-29,31,39H,5-21H2,1-4H3,(H2,37,41);1-2H3/t22-,24-,25-,26?,27+,28?,29-,31?,34+,35-,36?;/m0./s1. The minimum absolute atomic E-state index is 0.0517. The SMILES string of the molecule is CC.C[C@@H]1C23CC[C@H](OC4CN(C(=O)CC5CC5)CCO4)C(C)(C)C2CC[C@H]2C4C[C@@H](O)[C@H](CCCCOC(N)=O)[C@@]4(C)CC[C@]123. The first-order valence-corrected chi connectivity index (χ1v) is 19.1. The van der Waals surface area contributed by atoms with Gasteiger partial charge in [0.15, 0.2) is 6.29 Å². The van der Waals surface area contributed by atoms with E-state index in [-0.39, 0.29) is 35.2 Å². The van der Waals surface area contributed by atoms with Gasteiger partial charge in [-0.25, -0.2) is 4.79 Å². The largest absolute Gasteiger partial charge is 0.450 e. The molecule has 3 N–H and O–H groups in total. The van der Waals surface area contributed by atoms with Gasteiger partial charge in [0.1, 0.15) is 0 Å². The number of fused-ring (bicyclic) bond motifs is 2. The van der Waals surface area contributed by atoms with E-state index >= 15 is 0 Å². The number of aliphatic hydroxyl groups excluding tert-OH is 1. The molecule has 6 aliphatic carbocycles. The van der Waals surface area contributed by atoms with E-state index in [1.54, 1.807) is 0 Å². The monoisotopic (exact) mass is 644 g/mol. The highest BCUT2D eigenvalue weighted by Crippen LogP contribution is 2.89. The molecule has 0 bridgehead atoms. The van der Waals surface area contributed by atoms with Gasteiger partial charge in [-0.05, 0) is 134 Å². The number of ether oxygens (including phenoxy) is 3. The van der Waals surface area contributed by atoms with Gasteiger partial charge in [0.2, 0.25) is 5.91 Å². The first kappa shape index (κ1) is 34.5. The summed E-state index contributed by atoms with van der Waals surface area (Å²) in [5, 5.41) is 11.4. The Hall–Kier alpha value is -1.38. The molecule has 7 fully saturated rings. The Labute approximate surface area is 278 Å². The average molecular weight is 645 g/mol. The van der Waals surface area contributed by atoms with Crippen LogP contribution in [-0.4, -0.2) is 66.8 Å². The molecule has 2 amide bonds. The number of hydrogen-bond acceptors (Lipinski definition) is 6. The fraction of sp³-hybridized carbons (Fsp3) is 0.947. The van der Waals surface area contributed by atoms with Crippen LogP contribution < -0.4 is 5.73 Å². The fourth-order valence-corrected chi connectivity index (χ4v) is 12.9. The highest BCUT2D eigenvalue weighted by molar-refractivity contribution is 5.76. The Morgan fingerprint density at radius 2 is 1.74 bits per heavy atom. The van der Waals surface area contributed by atoms with Crippen LogP contribution in [0.3, 0.4) is 0 Å². The number of aliphatic hydroxyl groups is 1. The number of primary amides is 1. The number of morpholine rings is 1. The summed E-state index contributed by atoms with van der Waals surface area (Å²) in [6.07, 6.45) is 13.0. The van der Waals surface area contributed by atoms with Crippen molar-refractivity contribution in [2.75, 3.05) is 26.3 Å². The Balaban J connectivity index is 0.00000182. The minimum Gasteiger partial charge on any atom is -0.450 e. The van der Waals surface area contributed by atoms with Gasteiger partial charge < -0.3 is 30.0 Å². The molecule has 262 valence electrons. The summed E-state index contributed by atoms with van der Waals surface area (Å²) in [6.45, 7) is 16.2. The topological polar surface area (TPSA) is 111 Å². The highest BCUT2D eigenvalue weighted by atomic mass is 16.7. The smallest absolute Gasteiger partial charge is 0.404 e. The van der Waals surface area contributed by atoms with Crippen LogP contribution in [0.4, 0.5) is 4.79 Å². The van der Waals surface area contributed by atoms with Crippen LogP contribution in [0.1, 0.15) is 125 Å². The van der Waals surface area contributed by atoms with Crippen molar-refractivity contribution in [1.82, 2.24) is 4.90 Å². The molecule has 1 aliphatic heterocycles. The zero-order valence-corrected chi connectivity index (χ0v) is 29.7. The molecule has 0 aromatic rings. The van der Waals surface area contributed by atoms with Crippen molar-refractivity contribution in [3.05, 3.63) is 0 Å². The predicted octanol–water partition coefficient (Wildman–Crippen LogP) is 6.91. The average Bonchev–Trinajstić information content (AvgIpc) is 3.92. The van der Waals surface area contributed by atoms with E-state index in [1.165, 1.54) is 44.9 Å². The maximum atomic E-state index is 12.8. The number of carbonyl (C=O) groups excluding carboxylic acids is 2. The van der Waals surface area contributed by atoms with Gasteiger partial charge in [0.25, 0.3) is 0 Å². The Kier molecular flexibility index (Phi) is 9.61. The van der Waals surface area contributed by atoms with Crippen molar-refractivity contribution in [3.63, 3.8) is 0 Å². The molecular weight excluding hydrogens is 580 g/mol. The van der Waals surface area contributed by atoms with Crippen molar-refractivity contribution in [1.29, 1.82) is 0 Å². The van der Waals surface area contributed by atoms with Crippen molar-refractivity contribution >= 4 is 12.0 Å². The van der Waals surface area contributed by atoms with Gasteiger partial charge in [-0.2, -0.15) is 0 Å². The maximum absolute atomic E-state index is 12.8. The number of unbranched alkanes of at least 4 members (excludes halogenated alkanes) is 1. The lowest BCUT2D eigenvalue weighted by atomic mass is 9.46. The lowest BCUT2D eigenvalue weighted by molar-refractivity contribution is -0.244. The third-order valence-electron chi connectivity index (χ3n) is 15.2. The molecule has 7 aliphatic rings. The summed E-state index contributed by atoms with van der Waals surface area (Å²) in [4.78, 5) is 25.8. The second-order valence-electron chi connectivity index (χ2n) is 17.0. The van der Waals surface area contributed by atoms with Crippen LogP contribution in [-0.2, 0) is 19.0 Å². The van der Waals surface area contributed by atoms with Gasteiger partial charge in [0, 0.05) is 13.0 Å². The first-order chi connectivity index (χ1) is 21.9. The van der Waals surface area contributed by atoms with E-state index in [2.05, 4.69) is 27.7 Å². The van der Waals surface area contributed by atoms with E-state index < -0.39 is 6.09 Å². The number of rotatable bonds is 9. The predicted molar refractivity (Wildman–Crippen MR) is 177 cm³/mol. The zero-order valence-electron chi connectivity index (χ0n) is 29.7. The lowest BCUT2D eigenvalue weighted by Crippen LogP contribution is -2.56. The first-order valence-electron chi connectivity index (χ1n) is 19.1. The Bertz CT molecular complexity index is 1130. The van der Waals surface area contributed by atoms with Crippen LogP contribution in [0.25, 0.3) is 0 Å². The molecule has 7 rings (SSSR count). The van der Waals surface area contributed by atoms with Gasteiger partial charge >= 0.3 is 6.09 Å². The van der Waals surface area contributed by atoms with Gasteiger partial charge in [-0.1, -0.05) is 41.5 Å². The summed E-state index contributed by atoms with van der Waals surface area (Å²) in [6, 6.07) is 0. The van der Waals surface area contributed by atoms with Crippen LogP contribution in [0.2, 0.25) is 0 Å². The molecule has 6 saturated carbocycles. The Morgan fingerprint density at radius 3 is 2.46 bits per heavy atom. The maximum Gasteiger partial charge on any atom is 0.404 e. The van der Waals surface area contributed by atoms with Gasteiger partial charge in [0.05, 0.1) is 32.0 Å². The molecule has 0 aromatic heterocycles. The summed E-state index contributed by atoms with van der Waals surface area (Å²) in [5.41, 5.74) is 6.16.